The van der Waals surface area contributed by atoms with E-state index in [9.17, 15) is 8.42 Å². The number of nitrogens with one attached hydrogen (secondary N) is 1. The molecule has 0 aliphatic heterocycles. The van der Waals surface area contributed by atoms with Gasteiger partial charge in [0.1, 0.15) is 0 Å². The van der Waals surface area contributed by atoms with Crippen molar-refractivity contribution in [2.75, 3.05) is 11.6 Å². The monoisotopic (exact) mass is 345 g/mol. The second kappa shape index (κ2) is 6.10. The molecule has 0 fully saturated rings. The molecule has 0 bridgehead atoms. The number of aryl methyl sites for hydroxylation is 1. The van der Waals surface area contributed by atoms with E-state index in [1.165, 1.54) is 17.6 Å². The van der Waals surface area contributed by atoms with Crippen molar-refractivity contribution in [3.05, 3.63) is 53.7 Å². The Morgan fingerprint density at radius 1 is 1.17 bits per heavy atom. The molecule has 5 nitrogen and oxygen atoms in total. The Morgan fingerprint density at radius 3 is 2.74 bits per heavy atom. The maximum Gasteiger partial charge on any atom is 0.187 e. The molecule has 0 saturated heterocycles. The largest absolute Gasteiger partial charge is 0.331 e. The number of nitrogens with zero attached hydrogens (tertiary/aromatic N) is 2. The SMILES string of the molecule is Cc1cc(-c2csc(Nc3cccc(S(C)(=O)=O)c3)n2)ccn1. The Bertz CT molecular complexity index is 949. The second-order valence-corrected chi connectivity index (χ2v) is 8.02. The Labute approximate surface area is 139 Å². The van der Waals surface area contributed by atoms with Gasteiger partial charge in [-0.05, 0) is 37.3 Å². The lowest BCUT2D eigenvalue weighted by Gasteiger charge is -2.04. The van der Waals surface area contributed by atoms with Crippen molar-refractivity contribution < 1.29 is 8.42 Å². The van der Waals surface area contributed by atoms with Crippen LogP contribution < -0.4 is 5.32 Å². The van der Waals surface area contributed by atoms with Crippen molar-refractivity contribution in [3.63, 3.8) is 0 Å². The van der Waals surface area contributed by atoms with Crippen LogP contribution in [0.5, 0.6) is 0 Å². The summed E-state index contributed by atoms with van der Waals surface area (Å²) >= 11 is 1.47. The van der Waals surface area contributed by atoms with Crippen molar-refractivity contribution in [1.82, 2.24) is 9.97 Å². The molecule has 0 radical (unpaired) electrons. The van der Waals surface area contributed by atoms with Gasteiger partial charge in [-0.3, -0.25) is 4.98 Å². The second-order valence-electron chi connectivity index (χ2n) is 5.15. The molecule has 2 heterocycles. The van der Waals surface area contributed by atoms with Crippen LogP contribution in [-0.2, 0) is 9.84 Å². The lowest BCUT2D eigenvalue weighted by molar-refractivity contribution is 0.602. The lowest BCUT2D eigenvalue weighted by Crippen LogP contribution is -1.98. The molecule has 0 atom stereocenters. The predicted octanol–water partition coefficient (Wildman–Crippen LogP) is 3.66. The zero-order valence-corrected chi connectivity index (χ0v) is 14.3. The van der Waals surface area contributed by atoms with E-state index < -0.39 is 9.84 Å². The minimum absolute atomic E-state index is 0.282. The van der Waals surface area contributed by atoms with Crippen molar-refractivity contribution in [1.29, 1.82) is 0 Å². The van der Waals surface area contributed by atoms with Gasteiger partial charge in [-0.25, -0.2) is 13.4 Å². The topological polar surface area (TPSA) is 72.0 Å². The van der Waals surface area contributed by atoms with Crippen LogP contribution in [-0.4, -0.2) is 24.6 Å². The molecule has 23 heavy (non-hydrogen) atoms. The first-order valence-electron chi connectivity index (χ1n) is 6.87. The summed E-state index contributed by atoms with van der Waals surface area (Å²) < 4.78 is 23.2. The molecule has 0 spiro atoms. The fourth-order valence-corrected chi connectivity index (χ4v) is 3.50. The lowest BCUT2D eigenvalue weighted by atomic mass is 10.2. The average molecular weight is 345 g/mol. The number of anilines is 2. The van der Waals surface area contributed by atoms with E-state index in [0.29, 0.717) is 10.8 Å². The molecule has 0 amide bonds. The Kier molecular flexibility index (Phi) is 4.14. The maximum absolute atomic E-state index is 11.6. The Hall–Kier alpha value is -2.25. The highest BCUT2D eigenvalue weighted by Crippen LogP contribution is 2.27. The summed E-state index contributed by atoms with van der Waals surface area (Å²) in [5, 5.41) is 5.81. The van der Waals surface area contributed by atoms with E-state index in [1.54, 1.807) is 24.4 Å². The normalized spacial score (nSPS) is 11.4. The van der Waals surface area contributed by atoms with Gasteiger partial charge < -0.3 is 5.32 Å². The molecule has 0 aliphatic carbocycles. The van der Waals surface area contributed by atoms with Crippen LogP contribution >= 0.6 is 11.3 Å². The number of pyridine rings is 1. The van der Waals surface area contributed by atoms with Gasteiger partial charge in [0.25, 0.3) is 0 Å². The summed E-state index contributed by atoms with van der Waals surface area (Å²) in [6, 6.07) is 10.6. The molecular weight excluding hydrogens is 330 g/mol. The smallest absolute Gasteiger partial charge is 0.187 e. The molecule has 3 aromatic rings. The summed E-state index contributed by atoms with van der Waals surface area (Å²) in [7, 11) is -3.22. The van der Waals surface area contributed by atoms with Gasteiger partial charge in [0.05, 0.1) is 10.6 Å². The number of thiazole rings is 1. The molecule has 3 rings (SSSR count). The molecule has 0 saturated carbocycles. The highest BCUT2D eigenvalue weighted by molar-refractivity contribution is 7.90. The van der Waals surface area contributed by atoms with Gasteiger partial charge in [-0.15, -0.1) is 11.3 Å². The van der Waals surface area contributed by atoms with Crippen molar-refractivity contribution >= 4 is 32.0 Å². The number of aromatic nitrogens is 2. The third kappa shape index (κ3) is 3.75. The maximum atomic E-state index is 11.6. The minimum Gasteiger partial charge on any atom is -0.331 e. The molecule has 0 aliphatic rings. The van der Waals surface area contributed by atoms with Crippen LogP contribution in [0, 0.1) is 6.92 Å². The number of rotatable bonds is 4. The molecule has 1 N–H and O–H groups in total. The van der Waals surface area contributed by atoms with E-state index in [1.807, 2.05) is 30.5 Å². The first-order valence-corrected chi connectivity index (χ1v) is 9.65. The molecule has 7 heteroatoms. The summed E-state index contributed by atoms with van der Waals surface area (Å²) in [6.07, 6.45) is 2.95. The third-order valence-electron chi connectivity index (χ3n) is 3.21. The number of benzene rings is 1. The van der Waals surface area contributed by atoms with Gasteiger partial charge in [0, 0.05) is 34.8 Å². The first kappa shape index (κ1) is 15.6. The quantitative estimate of drug-likeness (QED) is 0.781. The van der Waals surface area contributed by atoms with E-state index in [2.05, 4.69) is 15.3 Å². The van der Waals surface area contributed by atoms with E-state index in [0.717, 1.165) is 17.0 Å². The van der Waals surface area contributed by atoms with Crippen LogP contribution in [0.1, 0.15) is 5.69 Å². The number of sulfone groups is 1. The van der Waals surface area contributed by atoms with Gasteiger partial charge in [0.2, 0.25) is 0 Å². The van der Waals surface area contributed by atoms with Gasteiger partial charge in [0.15, 0.2) is 15.0 Å². The van der Waals surface area contributed by atoms with Crippen LogP contribution in [0.25, 0.3) is 11.3 Å². The predicted molar refractivity (Wildman–Crippen MR) is 92.9 cm³/mol. The van der Waals surface area contributed by atoms with Crippen LogP contribution in [0.3, 0.4) is 0 Å². The van der Waals surface area contributed by atoms with E-state index >= 15 is 0 Å². The van der Waals surface area contributed by atoms with Crippen LogP contribution in [0.15, 0.2) is 52.9 Å². The van der Waals surface area contributed by atoms with Crippen molar-refractivity contribution in [2.24, 2.45) is 0 Å². The summed E-state index contributed by atoms with van der Waals surface area (Å²) in [6.45, 7) is 1.94. The molecule has 0 unspecified atom stereocenters. The standard InChI is InChI=1S/C16H15N3O2S2/c1-11-8-12(6-7-17-11)15-10-22-16(19-15)18-13-4-3-5-14(9-13)23(2,20)21/h3-10H,1-2H3,(H,18,19). The van der Waals surface area contributed by atoms with Gasteiger partial charge in [-0.2, -0.15) is 0 Å². The summed E-state index contributed by atoms with van der Waals surface area (Å²) in [5.74, 6) is 0. The molecular formula is C16H15N3O2S2. The summed E-state index contributed by atoms with van der Waals surface area (Å²) in [5.41, 5.74) is 3.50. The van der Waals surface area contributed by atoms with Gasteiger partial charge in [-0.1, -0.05) is 6.07 Å². The van der Waals surface area contributed by atoms with Gasteiger partial charge >= 0.3 is 0 Å². The third-order valence-corrected chi connectivity index (χ3v) is 5.08. The van der Waals surface area contributed by atoms with E-state index in [-0.39, 0.29) is 4.90 Å². The average Bonchev–Trinajstić information content (AvgIpc) is 2.95. The van der Waals surface area contributed by atoms with Crippen molar-refractivity contribution in [2.45, 2.75) is 11.8 Å². The molecule has 118 valence electrons. The minimum atomic E-state index is -3.22. The number of hydrogen-bond donors (Lipinski definition) is 1. The Balaban J connectivity index is 1.85. The zero-order chi connectivity index (χ0) is 16.4. The first-order chi connectivity index (χ1) is 10.9. The molecule has 1 aromatic carbocycles. The highest BCUT2D eigenvalue weighted by Gasteiger charge is 2.09. The fraction of sp³-hybridized carbons (Fsp3) is 0.125. The highest BCUT2D eigenvalue weighted by atomic mass is 32.2. The number of hydrogen-bond acceptors (Lipinski definition) is 6. The van der Waals surface area contributed by atoms with Crippen LogP contribution in [0.4, 0.5) is 10.8 Å². The van der Waals surface area contributed by atoms with Crippen LogP contribution in [0.2, 0.25) is 0 Å². The fourth-order valence-electron chi connectivity index (χ4n) is 2.10. The zero-order valence-electron chi connectivity index (χ0n) is 12.6. The summed E-state index contributed by atoms with van der Waals surface area (Å²) in [4.78, 5) is 9.00. The molecule has 2 aromatic heterocycles. The Morgan fingerprint density at radius 2 is 2.00 bits per heavy atom. The van der Waals surface area contributed by atoms with E-state index in [4.69, 9.17) is 0 Å². The van der Waals surface area contributed by atoms with Crippen molar-refractivity contribution in [3.8, 4) is 11.3 Å².